The first-order valence-corrected chi connectivity index (χ1v) is 9.38. The van der Waals surface area contributed by atoms with Gasteiger partial charge < -0.3 is 14.0 Å². The number of fused-ring (bicyclic) bond motifs is 1. The van der Waals surface area contributed by atoms with E-state index in [1.54, 1.807) is 14.2 Å². The van der Waals surface area contributed by atoms with Crippen molar-refractivity contribution >= 4 is 12.2 Å². The van der Waals surface area contributed by atoms with Crippen LogP contribution in [0.25, 0.3) is 0 Å². The number of ether oxygens (including phenoxy) is 2. The molecule has 1 aliphatic heterocycles. The maximum Gasteiger partial charge on any atom is 0.161 e. The van der Waals surface area contributed by atoms with Crippen LogP contribution in [0.1, 0.15) is 33.5 Å². The molecule has 1 aromatic heterocycles. The van der Waals surface area contributed by atoms with Gasteiger partial charge in [-0.25, -0.2) is 0 Å². The number of aromatic nitrogens is 1. The van der Waals surface area contributed by atoms with Gasteiger partial charge in [0.25, 0.3) is 0 Å². The lowest BCUT2D eigenvalue weighted by atomic mass is 9.99. The Bertz CT molecular complexity index is 989. The second kappa shape index (κ2) is 7.71. The Morgan fingerprint density at radius 2 is 1.70 bits per heavy atom. The van der Waals surface area contributed by atoms with Gasteiger partial charge in [-0.05, 0) is 61.6 Å². The van der Waals surface area contributed by atoms with Crippen molar-refractivity contribution < 1.29 is 9.47 Å². The molecule has 2 aromatic rings. The van der Waals surface area contributed by atoms with Gasteiger partial charge in [0.15, 0.2) is 11.5 Å². The molecular weight excluding hydrogens is 358 g/mol. The fourth-order valence-electron chi connectivity index (χ4n) is 3.67. The van der Waals surface area contributed by atoms with E-state index in [-0.39, 0.29) is 0 Å². The molecule has 142 valence electrons. The summed E-state index contributed by atoms with van der Waals surface area (Å²) in [6, 6.07) is 6.42. The van der Waals surface area contributed by atoms with E-state index in [0.29, 0.717) is 16.9 Å². The molecule has 0 spiro atoms. The predicted molar refractivity (Wildman–Crippen MR) is 108 cm³/mol. The maximum absolute atomic E-state index is 9.51. The zero-order valence-corrected chi connectivity index (χ0v) is 17.4. The summed E-state index contributed by atoms with van der Waals surface area (Å²) in [5.74, 6) is 1.53. The highest BCUT2D eigenvalue weighted by molar-refractivity contribution is 7.71. The van der Waals surface area contributed by atoms with Crippen LogP contribution >= 0.6 is 12.2 Å². The van der Waals surface area contributed by atoms with E-state index < -0.39 is 0 Å². The molecule has 1 aliphatic rings. The van der Waals surface area contributed by atoms with Crippen LogP contribution in [0.5, 0.6) is 11.5 Å². The summed E-state index contributed by atoms with van der Waals surface area (Å²) in [4.78, 5) is 2.35. The number of pyridine rings is 1. The molecule has 2 heterocycles. The zero-order valence-electron chi connectivity index (χ0n) is 16.5. The van der Waals surface area contributed by atoms with E-state index >= 15 is 0 Å². The zero-order chi connectivity index (χ0) is 19.7. The Morgan fingerprint density at radius 1 is 1.07 bits per heavy atom. The Morgan fingerprint density at radius 3 is 2.30 bits per heavy atom. The van der Waals surface area contributed by atoms with Crippen LogP contribution in [0.3, 0.4) is 0 Å². The molecule has 1 aromatic carbocycles. The van der Waals surface area contributed by atoms with Gasteiger partial charge in [-0.15, -0.1) is 0 Å². The fourth-order valence-corrected chi connectivity index (χ4v) is 4.07. The number of hydrogen-bond donors (Lipinski definition) is 0. The molecule has 0 fully saturated rings. The predicted octanol–water partition coefficient (Wildman–Crippen LogP) is 4.05. The number of rotatable bonds is 4. The summed E-state index contributed by atoms with van der Waals surface area (Å²) in [6.45, 7) is 8.51. The topological polar surface area (TPSA) is 50.4 Å². The second-order valence-electron chi connectivity index (χ2n) is 6.98. The Hall–Kier alpha value is -2.36. The van der Waals surface area contributed by atoms with Gasteiger partial charge >= 0.3 is 0 Å². The third-order valence-corrected chi connectivity index (χ3v) is 6.02. The molecule has 0 radical (unpaired) electrons. The third kappa shape index (κ3) is 3.45. The fraction of sp³-hybridized carbons (Fsp3) is 0.429. The van der Waals surface area contributed by atoms with Crippen LogP contribution in [-0.4, -0.2) is 30.2 Å². The number of benzene rings is 1. The minimum atomic E-state index is 0.608. The lowest BCUT2D eigenvalue weighted by Crippen LogP contribution is -2.33. The molecule has 0 bridgehead atoms. The molecule has 0 unspecified atom stereocenters. The molecule has 0 N–H and O–H groups in total. The van der Waals surface area contributed by atoms with Crippen LogP contribution < -0.4 is 9.47 Å². The largest absolute Gasteiger partial charge is 0.493 e. The van der Waals surface area contributed by atoms with Crippen LogP contribution in [-0.2, 0) is 19.6 Å². The molecule has 0 amide bonds. The standard InChI is InChI=1S/C21H25N3O2S/c1-13-14(2)18(10-22)21(27)24(15(13)3)12-23-7-6-16-8-19(25-4)20(26-5)9-17(16)11-23/h8-9H,6-7,11-12H2,1-5H3. The molecule has 0 aliphatic carbocycles. The van der Waals surface area contributed by atoms with Gasteiger partial charge in [-0.3, -0.25) is 4.90 Å². The average molecular weight is 384 g/mol. The van der Waals surface area contributed by atoms with Crippen molar-refractivity contribution in [3.05, 3.63) is 50.3 Å². The van der Waals surface area contributed by atoms with E-state index in [0.717, 1.165) is 47.8 Å². The monoisotopic (exact) mass is 383 g/mol. The summed E-state index contributed by atoms with van der Waals surface area (Å²) in [5, 5.41) is 9.51. The number of nitriles is 1. The van der Waals surface area contributed by atoms with Crippen molar-refractivity contribution in [1.29, 1.82) is 5.26 Å². The molecule has 3 rings (SSSR count). The molecule has 27 heavy (non-hydrogen) atoms. The summed E-state index contributed by atoms with van der Waals surface area (Å²) in [7, 11) is 3.32. The van der Waals surface area contributed by atoms with Crippen LogP contribution in [0.2, 0.25) is 0 Å². The summed E-state index contributed by atoms with van der Waals surface area (Å²) in [5.41, 5.74) is 6.38. The van der Waals surface area contributed by atoms with Crippen molar-refractivity contribution in [2.45, 2.75) is 40.4 Å². The van der Waals surface area contributed by atoms with Crippen LogP contribution in [0.15, 0.2) is 12.1 Å². The number of nitrogens with zero attached hydrogens (tertiary/aromatic N) is 3. The van der Waals surface area contributed by atoms with E-state index in [9.17, 15) is 5.26 Å². The smallest absolute Gasteiger partial charge is 0.161 e. The Balaban J connectivity index is 1.93. The van der Waals surface area contributed by atoms with Crippen molar-refractivity contribution in [2.75, 3.05) is 20.8 Å². The van der Waals surface area contributed by atoms with Crippen molar-refractivity contribution in [1.82, 2.24) is 9.47 Å². The second-order valence-corrected chi connectivity index (χ2v) is 7.36. The molecule has 0 saturated carbocycles. The van der Waals surface area contributed by atoms with Gasteiger partial charge in [0, 0.05) is 18.8 Å². The minimum Gasteiger partial charge on any atom is -0.493 e. The Kier molecular flexibility index (Phi) is 5.54. The van der Waals surface area contributed by atoms with Crippen molar-refractivity contribution in [3.8, 4) is 17.6 Å². The van der Waals surface area contributed by atoms with Crippen molar-refractivity contribution in [2.24, 2.45) is 0 Å². The first-order valence-electron chi connectivity index (χ1n) is 8.98. The highest BCUT2D eigenvalue weighted by atomic mass is 32.1. The van der Waals surface area contributed by atoms with Gasteiger partial charge in [0.2, 0.25) is 0 Å². The highest BCUT2D eigenvalue weighted by Gasteiger charge is 2.21. The van der Waals surface area contributed by atoms with Gasteiger partial charge in [-0.1, -0.05) is 12.2 Å². The number of hydrogen-bond acceptors (Lipinski definition) is 5. The highest BCUT2D eigenvalue weighted by Crippen LogP contribution is 2.33. The van der Waals surface area contributed by atoms with Crippen molar-refractivity contribution in [3.63, 3.8) is 0 Å². The van der Waals surface area contributed by atoms with Crippen LogP contribution in [0.4, 0.5) is 0 Å². The van der Waals surface area contributed by atoms with Crippen LogP contribution in [0, 0.1) is 36.7 Å². The lowest BCUT2D eigenvalue weighted by molar-refractivity contribution is 0.196. The van der Waals surface area contributed by atoms with E-state index in [2.05, 4.69) is 41.5 Å². The minimum absolute atomic E-state index is 0.608. The first kappa shape index (κ1) is 19.4. The van der Waals surface area contributed by atoms with E-state index in [4.69, 9.17) is 21.7 Å². The van der Waals surface area contributed by atoms with Gasteiger partial charge in [0.1, 0.15) is 10.7 Å². The van der Waals surface area contributed by atoms with Gasteiger partial charge in [-0.2, -0.15) is 5.26 Å². The molecule has 5 nitrogen and oxygen atoms in total. The molecule has 0 saturated heterocycles. The van der Waals surface area contributed by atoms with Gasteiger partial charge in [0.05, 0.1) is 26.5 Å². The first-order chi connectivity index (χ1) is 12.9. The molecular formula is C21H25N3O2S. The SMILES string of the molecule is COc1cc2c(cc1OC)CN(Cn1c(C)c(C)c(C)c(C#N)c1=S)CC2. The molecule has 6 heteroatoms. The normalized spacial score (nSPS) is 13.8. The third-order valence-electron chi connectivity index (χ3n) is 5.59. The lowest BCUT2D eigenvalue weighted by Gasteiger charge is -2.31. The summed E-state index contributed by atoms with van der Waals surface area (Å²) >= 11 is 5.62. The Labute approximate surface area is 165 Å². The van der Waals surface area contributed by atoms with E-state index in [1.165, 1.54) is 11.1 Å². The maximum atomic E-state index is 9.51. The summed E-state index contributed by atoms with van der Waals surface area (Å²) in [6.07, 6.45) is 0.942. The average Bonchev–Trinajstić information content (AvgIpc) is 2.68. The van der Waals surface area contributed by atoms with E-state index in [1.807, 2.05) is 6.92 Å². The quantitative estimate of drug-likeness (QED) is 0.746. The number of methoxy groups -OCH3 is 2. The molecule has 0 atom stereocenters. The summed E-state index contributed by atoms with van der Waals surface area (Å²) < 4.78 is 13.6.